The zero-order valence-corrected chi connectivity index (χ0v) is 20.4. The van der Waals surface area contributed by atoms with Gasteiger partial charge < -0.3 is 23.9 Å². The fourth-order valence-electron chi connectivity index (χ4n) is 5.26. The van der Waals surface area contributed by atoms with Crippen LogP contribution >= 0.6 is 0 Å². The number of benzene rings is 1. The monoisotopic (exact) mass is 483 g/mol. The van der Waals surface area contributed by atoms with E-state index in [2.05, 4.69) is 57.1 Å². The highest BCUT2D eigenvalue weighted by Crippen LogP contribution is 2.36. The summed E-state index contributed by atoms with van der Waals surface area (Å²) in [6, 6.07) is 12.5. The Kier molecular flexibility index (Phi) is 5.34. The quantitative estimate of drug-likeness (QED) is 0.416. The molecule has 7 rings (SSSR count). The fourth-order valence-corrected chi connectivity index (χ4v) is 5.26. The van der Waals surface area contributed by atoms with Gasteiger partial charge in [-0.3, -0.25) is 4.90 Å². The van der Waals surface area contributed by atoms with Gasteiger partial charge in [-0.2, -0.15) is 0 Å². The number of piperazine rings is 1. The van der Waals surface area contributed by atoms with Crippen molar-refractivity contribution in [1.29, 1.82) is 0 Å². The minimum atomic E-state index is 0.623. The normalized spacial score (nSPS) is 18.1. The van der Waals surface area contributed by atoms with Crippen molar-refractivity contribution in [2.75, 3.05) is 64.4 Å². The van der Waals surface area contributed by atoms with Crippen molar-refractivity contribution in [3.63, 3.8) is 0 Å². The third-order valence-corrected chi connectivity index (χ3v) is 7.35. The summed E-state index contributed by atoms with van der Waals surface area (Å²) in [5.41, 5.74) is 5.21. The lowest BCUT2D eigenvalue weighted by atomic mass is 10.1. The number of furan rings is 1. The smallest absolute Gasteiger partial charge is 0.229 e. The summed E-state index contributed by atoms with van der Waals surface area (Å²) in [6.45, 7) is 7.96. The summed E-state index contributed by atoms with van der Waals surface area (Å²) in [7, 11) is 2.17. The van der Waals surface area contributed by atoms with Crippen molar-refractivity contribution >= 4 is 38.9 Å². The predicted octanol–water partition coefficient (Wildman–Crippen LogP) is 3.50. The number of aromatic nitrogens is 4. The van der Waals surface area contributed by atoms with E-state index in [1.165, 1.54) is 0 Å². The molecule has 2 fully saturated rings. The van der Waals surface area contributed by atoms with Gasteiger partial charge in [0.15, 0.2) is 17.2 Å². The standard InChI is InChI=1S/C27H29N7O2/c1-32-9-11-33(12-10-32)17-18-5-6-21-23-24(36-27(21)29-18)26(34-13-15-35-16-14-34)31-25(30-23)20-3-2-4-22-19(20)7-8-28-22/h2-8,28H,9-17H2,1H3. The lowest BCUT2D eigenvalue weighted by Crippen LogP contribution is -2.43. The first-order valence-electron chi connectivity index (χ1n) is 12.6. The van der Waals surface area contributed by atoms with Gasteiger partial charge in [-0.15, -0.1) is 0 Å². The van der Waals surface area contributed by atoms with Crippen LogP contribution in [0.5, 0.6) is 0 Å². The Labute approximate surface area is 208 Å². The van der Waals surface area contributed by atoms with Crippen LogP contribution in [-0.2, 0) is 11.3 Å². The Morgan fingerprint density at radius 3 is 2.61 bits per heavy atom. The first-order valence-corrected chi connectivity index (χ1v) is 12.6. The van der Waals surface area contributed by atoms with Crippen molar-refractivity contribution in [1.82, 2.24) is 29.7 Å². The number of hydrogen-bond acceptors (Lipinski definition) is 8. The highest BCUT2D eigenvalue weighted by Gasteiger charge is 2.24. The summed E-state index contributed by atoms with van der Waals surface area (Å²) in [4.78, 5) is 25.4. The Balaban J connectivity index is 1.35. The molecule has 0 amide bonds. The second-order valence-corrected chi connectivity index (χ2v) is 9.73. The Morgan fingerprint density at radius 2 is 1.75 bits per heavy atom. The molecule has 6 heterocycles. The van der Waals surface area contributed by atoms with E-state index in [1.807, 2.05) is 12.3 Å². The van der Waals surface area contributed by atoms with E-state index in [-0.39, 0.29) is 0 Å². The number of nitrogens with zero attached hydrogens (tertiary/aromatic N) is 6. The Bertz CT molecular complexity index is 1540. The molecule has 5 aromatic rings. The first-order chi connectivity index (χ1) is 17.7. The predicted molar refractivity (Wildman–Crippen MR) is 140 cm³/mol. The molecule has 0 aliphatic carbocycles. The van der Waals surface area contributed by atoms with Crippen molar-refractivity contribution in [2.45, 2.75) is 6.54 Å². The van der Waals surface area contributed by atoms with E-state index < -0.39 is 0 Å². The van der Waals surface area contributed by atoms with Crippen molar-refractivity contribution in [2.24, 2.45) is 0 Å². The molecular formula is C27H29N7O2. The number of likely N-dealkylation sites (N-methyl/N-ethyl adjacent to an activating group) is 1. The van der Waals surface area contributed by atoms with E-state index in [4.69, 9.17) is 24.1 Å². The molecule has 2 aliphatic heterocycles. The maximum Gasteiger partial charge on any atom is 0.229 e. The molecule has 184 valence electrons. The van der Waals surface area contributed by atoms with Crippen LogP contribution in [0.1, 0.15) is 5.69 Å². The summed E-state index contributed by atoms with van der Waals surface area (Å²) in [6.07, 6.45) is 1.95. The average Bonchev–Trinajstić information content (AvgIpc) is 3.54. The maximum absolute atomic E-state index is 6.40. The summed E-state index contributed by atoms with van der Waals surface area (Å²) >= 11 is 0. The van der Waals surface area contributed by atoms with E-state index in [0.717, 1.165) is 84.7 Å². The van der Waals surface area contributed by atoms with Crippen LogP contribution in [0.25, 0.3) is 44.5 Å². The van der Waals surface area contributed by atoms with Crippen LogP contribution in [0.4, 0.5) is 5.82 Å². The number of aromatic amines is 1. The van der Waals surface area contributed by atoms with Crippen molar-refractivity contribution in [3.05, 3.63) is 48.3 Å². The highest BCUT2D eigenvalue weighted by molar-refractivity contribution is 6.06. The number of ether oxygens (including phenoxy) is 1. The van der Waals surface area contributed by atoms with Crippen LogP contribution in [0.15, 0.2) is 47.0 Å². The number of hydrogen-bond donors (Lipinski definition) is 1. The van der Waals surface area contributed by atoms with Gasteiger partial charge in [0.25, 0.3) is 0 Å². The molecule has 9 heteroatoms. The summed E-state index contributed by atoms with van der Waals surface area (Å²) < 4.78 is 12.0. The molecule has 9 nitrogen and oxygen atoms in total. The lowest BCUT2D eigenvalue weighted by Gasteiger charge is -2.31. The summed E-state index contributed by atoms with van der Waals surface area (Å²) in [5.74, 6) is 1.50. The molecule has 0 radical (unpaired) electrons. The molecule has 0 atom stereocenters. The largest absolute Gasteiger partial charge is 0.432 e. The molecule has 2 aliphatic rings. The number of morpholine rings is 1. The van der Waals surface area contributed by atoms with Crippen LogP contribution in [0.3, 0.4) is 0 Å². The van der Waals surface area contributed by atoms with E-state index in [1.54, 1.807) is 0 Å². The lowest BCUT2D eigenvalue weighted by molar-refractivity contribution is 0.122. The number of anilines is 1. The number of H-pyrrole nitrogens is 1. The van der Waals surface area contributed by atoms with Gasteiger partial charge in [0, 0.05) is 68.5 Å². The Morgan fingerprint density at radius 1 is 0.889 bits per heavy atom. The molecular weight excluding hydrogens is 454 g/mol. The molecule has 0 unspecified atom stereocenters. The van der Waals surface area contributed by atoms with Crippen molar-refractivity contribution in [3.8, 4) is 11.4 Å². The van der Waals surface area contributed by atoms with Crippen LogP contribution in [0.2, 0.25) is 0 Å². The van der Waals surface area contributed by atoms with Gasteiger partial charge in [0.2, 0.25) is 5.71 Å². The fraction of sp³-hybridized carbons (Fsp3) is 0.370. The molecule has 36 heavy (non-hydrogen) atoms. The topological polar surface area (TPSA) is 86.5 Å². The third kappa shape index (κ3) is 3.80. The minimum Gasteiger partial charge on any atom is -0.432 e. The van der Waals surface area contributed by atoms with E-state index >= 15 is 0 Å². The zero-order valence-electron chi connectivity index (χ0n) is 20.4. The minimum absolute atomic E-state index is 0.623. The highest BCUT2D eigenvalue weighted by atomic mass is 16.5. The number of rotatable bonds is 4. The molecule has 0 spiro atoms. The Hall–Kier alpha value is -3.53. The van der Waals surface area contributed by atoms with Gasteiger partial charge in [0.1, 0.15) is 5.52 Å². The number of fused-ring (bicyclic) bond motifs is 4. The second-order valence-electron chi connectivity index (χ2n) is 9.73. The number of pyridine rings is 1. The van der Waals surface area contributed by atoms with Crippen LogP contribution in [0, 0.1) is 0 Å². The van der Waals surface area contributed by atoms with Crippen LogP contribution < -0.4 is 4.90 Å². The SMILES string of the molecule is CN1CCN(Cc2ccc3c(n2)oc2c(N4CCOCC4)nc(-c4cccc5[nH]ccc45)nc23)CC1. The number of nitrogens with one attached hydrogen (secondary N) is 1. The van der Waals surface area contributed by atoms with Gasteiger partial charge >= 0.3 is 0 Å². The van der Waals surface area contributed by atoms with E-state index in [9.17, 15) is 0 Å². The van der Waals surface area contributed by atoms with Crippen LogP contribution in [-0.4, -0.2) is 89.3 Å². The van der Waals surface area contributed by atoms with Gasteiger partial charge in [-0.25, -0.2) is 15.0 Å². The molecule has 4 aromatic heterocycles. The second kappa shape index (κ2) is 8.85. The van der Waals surface area contributed by atoms with Gasteiger partial charge in [0.05, 0.1) is 24.3 Å². The molecule has 1 aromatic carbocycles. The average molecular weight is 484 g/mol. The maximum atomic E-state index is 6.40. The van der Waals surface area contributed by atoms with E-state index in [0.29, 0.717) is 30.3 Å². The third-order valence-electron chi connectivity index (χ3n) is 7.35. The first kappa shape index (κ1) is 21.7. The summed E-state index contributed by atoms with van der Waals surface area (Å²) in [5, 5.41) is 2.02. The molecule has 2 saturated heterocycles. The molecule has 1 N–H and O–H groups in total. The van der Waals surface area contributed by atoms with Gasteiger partial charge in [-0.05, 0) is 31.3 Å². The molecule has 0 saturated carbocycles. The molecule has 0 bridgehead atoms. The van der Waals surface area contributed by atoms with Gasteiger partial charge in [-0.1, -0.05) is 12.1 Å². The zero-order chi connectivity index (χ0) is 24.1. The van der Waals surface area contributed by atoms with Crippen molar-refractivity contribution < 1.29 is 9.15 Å².